The molecule has 0 aromatic rings. The summed E-state index contributed by atoms with van der Waals surface area (Å²) in [4.78, 5) is 0. The van der Waals surface area contributed by atoms with E-state index in [1.165, 1.54) is 0 Å². The summed E-state index contributed by atoms with van der Waals surface area (Å²) >= 11 is 0. The van der Waals surface area contributed by atoms with Crippen molar-refractivity contribution >= 4 is 0 Å². The van der Waals surface area contributed by atoms with Gasteiger partial charge in [-0.05, 0) is 6.42 Å². The highest BCUT2D eigenvalue weighted by molar-refractivity contribution is 4.80. The molecule has 0 aliphatic heterocycles. The molecule has 6 N–H and O–H groups in total. The highest BCUT2D eigenvalue weighted by atomic mass is 16.5. The first-order valence-electron chi connectivity index (χ1n) is 5.06. The molecular formula is C9H20O7. The minimum Gasteiger partial charge on any atom is -0.396 e. The molecular weight excluding hydrogens is 220 g/mol. The van der Waals surface area contributed by atoms with Crippen molar-refractivity contribution in [3.05, 3.63) is 0 Å². The first-order valence-corrected chi connectivity index (χ1v) is 5.06. The van der Waals surface area contributed by atoms with Gasteiger partial charge in [-0.2, -0.15) is 0 Å². The molecule has 7 heteroatoms. The van der Waals surface area contributed by atoms with E-state index in [1.807, 2.05) is 0 Å². The Kier molecular flexibility index (Phi) is 8.67. The number of ether oxygens (including phenoxy) is 1. The van der Waals surface area contributed by atoms with Crippen LogP contribution in [0.3, 0.4) is 0 Å². The van der Waals surface area contributed by atoms with Gasteiger partial charge in [0, 0.05) is 13.2 Å². The fourth-order valence-electron chi connectivity index (χ4n) is 1.03. The van der Waals surface area contributed by atoms with E-state index in [4.69, 9.17) is 20.1 Å². The molecule has 0 amide bonds. The zero-order valence-corrected chi connectivity index (χ0v) is 8.94. The molecule has 16 heavy (non-hydrogen) atoms. The number of aliphatic hydroxyl groups is 6. The van der Waals surface area contributed by atoms with Gasteiger partial charge < -0.3 is 35.4 Å². The number of aliphatic hydroxyl groups excluding tert-OH is 6. The number of hydrogen-bond donors (Lipinski definition) is 6. The van der Waals surface area contributed by atoms with Crippen LogP contribution in [0.25, 0.3) is 0 Å². The molecule has 0 saturated carbocycles. The molecule has 98 valence electrons. The Morgan fingerprint density at radius 1 is 0.875 bits per heavy atom. The van der Waals surface area contributed by atoms with Gasteiger partial charge in [0.25, 0.3) is 0 Å². The van der Waals surface area contributed by atoms with Gasteiger partial charge in [-0.25, -0.2) is 0 Å². The third-order valence-electron chi connectivity index (χ3n) is 2.06. The van der Waals surface area contributed by atoms with Gasteiger partial charge in [0.05, 0.1) is 13.2 Å². The van der Waals surface area contributed by atoms with E-state index in [0.717, 1.165) is 0 Å². The lowest BCUT2D eigenvalue weighted by Gasteiger charge is -2.25. The van der Waals surface area contributed by atoms with Gasteiger partial charge in [-0.1, -0.05) is 0 Å². The van der Waals surface area contributed by atoms with Crippen molar-refractivity contribution in [1.29, 1.82) is 0 Å². The zero-order valence-electron chi connectivity index (χ0n) is 8.94. The van der Waals surface area contributed by atoms with Crippen LogP contribution in [-0.2, 0) is 4.74 Å². The van der Waals surface area contributed by atoms with E-state index in [-0.39, 0.29) is 19.8 Å². The summed E-state index contributed by atoms with van der Waals surface area (Å²) in [6.07, 6.45) is -5.71. The van der Waals surface area contributed by atoms with E-state index in [1.54, 1.807) is 0 Å². The lowest BCUT2D eigenvalue weighted by Crippen LogP contribution is -2.47. The topological polar surface area (TPSA) is 131 Å². The second-order valence-corrected chi connectivity index (χ2v) is 3.45. The molecule has 0 spiro atoms. The van der Waals surface area contributed by atoms with Crippen LogP contribution in [0.1, 0.15) is 6.42 Å². The third kappa shape index (κ3) is 5.71. The highest BCUT2D eigenvalue weighted by Gasteiger charge is 2.29. The van der Waals surface area contributed by atoms with Crippen LogP contribution in [0, 0.1) is 0 Å². The average molecular weight is 240 g/mol. The monoisotopic (exact) mass is 240 g/mol. The molecule has 0 saturated heterocycles. The van der Waals surface area contributed by atoms with Crippen molar-refractivity contribution in [3.63, 3.8) is 0 Å². The molecule has 0 radical (unpaired) electrons. The van der Waals surface area contributed by atoms with E-state index in [2.05, 4.69) is 0 Å². The molecule has 0 fully saturated rings. The molecule has 0 aromatic carbocycles. The van der Waals surface area contributed by atoms with E-state index < -0.39 is 31.0 Å². The summed E-state index contributed by atoms with van der Waals surface area (Å²) < 4.78 is 4.90. The first kappa shape index (κ1) is 15.7. The fourth-order valence-corrected chi connectivity index (χ4v) is 1.03. The molecule has 0 bridgehead atoms. The smallest absolute Gasteiger partial charge is 0.111 e. The maximum absolute atomic E-state index is 9.34. The third-order valence-corrected chi connectivity index (χ3v) is 2.06. The van der Waals surface area contributed by atoms with Crippen LogP contribution in [-0.4, -0.2) is 81.5 Å². The first-order chi connectivity index (χ1) is 7.54. The van der Waals surface area contributed by atoms with Gasteiger partial charge in [0.2, 0.25) is 0 Å². The summed E-state index contributed by atoms with van der Waals surface area (Å²) in [7, 11) is 0. The van der Waals surface area contributed by atoms with Gasteiger partial charge in [-0.15, -0.1) is 0 Å². The maximum Gasteiger partial charge on any atom is 0.111 e. The molecule has 0 heterocycles. The van der Waals surface area contributed by atoms with Crippen molar-refractivity contribution in [2.24, 2.45) is 0 Å². The van der Waals surface area contributed by atoms with Crippen LogP contribution >= 0.6 is 0 Å². The summed E-state index contributed by atoms with van der Waals surface area (Å²) in [6.45, 7) is -0.754. The Morgan fingerprint density at radius 3 is 1.94 bits per heavy atom. The van der Waals surface area contributed by atoms with Crippen LogP contribution < -0.4 is 0 Å². The molecule has 0 rings (SSSR count). The van der Waals surface area contributed by atoms with Gasteiger partial charge >= 0.3 is 0 Å². The fraction of sp³-hybridized carbons (Fsp3) is 1.00. The minimum absolute atomic E-state index is 0.0372. The Hall–Kier alpha value is -0.280. The summed E-state index contributed by atoms with van der Waals surface area (Å²) in [5.41, 5.74) is 0. The number of rotatable bonds is 9. The van der Waals surface area contributed by atoms with Crippen molar-refractivity contribution in [2.45, 2.75) is 30.8 Å². The summed E-state index contributed by atoms with van der Waals surface area (Å²) in [6, 6.07) is 0. The van der Waals surface area contributed by atoms with Crippen molar-refractivity contribution in [3.8, 4) is 0 Å². The quantitative estimate of drug-likeness (QED) is 0.234. The summed E-state index contributed by atoms with van der Waals surface area (Å²) in [5, 5.41) is 53.9. The lowest BCUT2D eigenvalue weighted by molar-refractivity contribution is -0.129. The number of hydrogen-bond acceptors (Lipinski definition) is 7. The normalized spacial score (nSPS) is 19.1. The van der Waals surface area contributed by atoms with E-state index in [9.17, 15) is 15.3 Å². The molecule has 0 unspecified atom stereocenters. The molecule has 7 nitrogen and oxygen atoms in total. The largest absolute Gasteiger partial charge is 0.396 e. The maximum atomic E-state index is 9.34. The van der Waals surface area contributed by atoms with Gasteiger partial charge in [-0.3, -0.25) is 0 Å². The van der Waals surface area contributed by atoms with Crippen molar-refractivity contribution in [2.75, 3.05) is 26.4 Å². The predicted molar refractivity (Wildman–Crippen MR) is 53.6 cm³/mol. The van der Waals surface area contributed by atoms with Crippen LogP contribution in [0.5, 0.6) is 0 Å². The Bertz CT molecular complexity index is 166. The van der Waals surface area contributed by atoms with Crippen LogP contribution in [0.4, 0.5) is 0 Å². The average Bonchev–Trinajstić information content (AvgIpc) is 2.31. The van der Waals surface area contributed by atoms with Crippen LogP contribution in [0.15, 0.2) is 0 Å². The second-order valence-electron chi connectivity index (χ2n) is 3.45. The SMILES string of the molecule is OCCCOC[C@H](O)[C@@H](O)[C@H](O)[C@H](O)CO. The standard InChI is InChI=1S/C9H20O7/c10-2-1-3-16-5-7(13)9(15)8(14)6(12)4-11/h6-15H,1-5H2/t6-,7+,8-,9-/m1/s1. The van der Waals surface area contributed by atoms with E-state index >= 15 is 0 Å². The Balaban J connectivity index is 3.83. The zero-order chi connectivity index (χ0) is 12.6. The van der Waals surface area contributed by atoms with Crippen molar-refractivity contribution < 1.29 is 35.4 Å². The van der Waals surface area contributed by atoms with Gasteiger partial charge in [0.15, 0.2) is 0 Å². The molecule has 0 aromatic heterocycles. The van der Waals surface area contributed by atoms with Gasteiger partial charge in [0.1, 0.15) is 24.4 Å². The summed E-state index contributed by atoms with van der Waals surface area (Å²) in [5.74, 6) is 0. The second kappa shape index (κ2) is 8.82. The Morgan fingerprint density at radius 2 is 1.44 bits per heavy atom. The molecule has 4 atom stereocenters. The van der Waals surface area contributed by atoms with Crippen LogP contribution in [0.2, 0.25) is 0 Å². The van der Waals surface area contributed by atoms with Crippen molar-refractivity contribution in [1.82, 2.24) is 0 Å². The lowest BCUT2D eigenvalue weighted by atomic mass is 10.0. The van der Waals surface area contributed by atoms with E-state index in [0.29, 0.717) is 6.42 Å². The predicted octanol–water partition coefficient (Wildman–Crippen LogP) is -3.18. The molecule has 0 aliphatic rings. The molecule has 0 aliphatic carbocycles. The minimum atomic E-state index is -1.64. The Labute approximate surface area is 93.5 Å². The highest BCUT2D eigenvalue weighted by Crippen LogP contribution is 2.05.